The molecule has 1 aromatic rings. The lowest BCUT2D eigenvalue weighted by molar-refractivity contribution is 0.0737. The summed E-state index contributed by atoms with van der Waals surface area (Å²) >= 11 is 0. The molecule has 0 aliphatic carbocycles. The van der Waals surface area contributed by atoms with Crippen molar-refractivity contribution in [1.82, 2.24) is 9.88 Å². The monoisotopic (exact) mass is 271 g/mol. The van der Waals surface area contributed by atoms with Gasteiger partial charge in [0.2, 0.25) is 0 Å². The van der Waals surface area contributed by atoms with Crippen LogP contribution in [0.25, 0.3) is 0 Å². The predicted octanol–water partition coefficient (Wildman–Crippen LogP) is 1.86. The second-order valence-electron chi connectivity index (χ2n) is 5.15. The number of nitrogens with one attached hydrogen (secondary N) is 1. The lowest BCUT2D eigenvalue weighted by Gasteiger charge is -2.21. The molecule has 2 heterocycles. The van der Waals surface area contributed by atoms with Gasteiger partial charge >= 0.3 is 0 Å². The van der Waals surface area contributed by atoms with Crippen molar-refractivity contribution in [2.45, 2.75) is 33.2 Å². The number of aromatic nitrogens is 1. The van der Waals surface area contributed by atoms with Crippen LogP contribution in [0.4, 0.5) is 0 Å². The maximum absolute atomic E-state index is 12.4. The van der Waals surface area contributed by atoms with E-state index < -0.39 is 0 Å². The summed E-state index contributed by atoms with van der Waals surface area (Å²) in [7, 11) is 0. The Morgan fingerprint density at radius 1 is 1.56 bits per heavy atom. The molecule has 0 saturated carbocycles. The van der Waals surface area contributed by atoms with Crippen LogP contribution >= 0.6 is 12.4 Å². The van der Waals surface area contributed by atoms with Gasteiger partial charge in [-0.1, -0.05) is 0 Å². The highest BCUT2D eigenvalue weighted by molar-refractivity contribution is 5.94. The van der Waals surface area contributed by atoms with Crippen molar-refractivity contribution in [3.63, 3.8) is 0 Å². The number of nitrogens with two attached hydrogens (primary N) is 1. The van der Waals surface area contributed by atoms with Gasteiger partial charge in [-0.15, -0.1) is 12.4 Å². The van der Waals surface area contributed by atoms with E-state index in [2.05, 4.69) is 11.9 Å². The fraction of sp³-hybridized carbons (Fsp3) is 0.615. The van der Waals surface area contributed by atoms with Crippen LogP contribution in [-0.4, -0.2) is 34.9 Å². The molecule has 102 valence electrons. The Kier molecular flexibility index (Phi) is 4.82. The molecule has 3 N–H and O–H groups in total. The van der Waals surface area contributed by atoms with Crippen LogP contribution in [0.1, 0.15) is 35.1 Å². The maximum atomic E-state index is 12.4. The predicted molar refractivity (Wildman–Crippen MR) is 75.2 cm³/mol. The molecule has 4 nitrogen and oxygen atoms in total. The minimum absolute atomic E-state index is 0. The van der Waals surface area contributed by atoms with Crippen molar-refractivity contribution in [3.8, 4) is 0 Å². The minimum Gasteiger partial charge on any atom is -0.354 e. The summed E-state index contributed by atoms with van der Waals surface area (Å²) in [5.41, 5.74) is 8.47. The Balaban J connectivity index is 0.00000162. The highest BCUT2D eigenvalue weighted by Gasteiger charge is 2.33. The molecule has 2 rings (SSSR count). The van der Waals surface area contributed by atoms with Crippen LogP contribution in [0.5, 0.6) is 0 Å². The quantitative estimate of drug-likeness (QED) is 0.863. The number of aromatic amines is 1. The molecule has 0 radical (unpaired) electrons. The molecule has 1 aromatic heterocycles. The number of nitrogens with zero attached hydrogens (tertiary/aromatic N) is 1. The summed E-state index contributed by atoms with van der Waals surface area (Å²) in [5.74, 6) is 0.560. The van der Waals surface area contributed by atoms with E-state index in [9.17, 15) is 4.79 Å². The van der Waals surface area contributed by atoms with Gasteiger partial charge in [0.25, 0.3) is 5.91 Å². The zero-order chi connectivity index (χ0) is 12.6. The number of hydrogen-bond acceptors (Lipinski definition) is 2. The number of rotatable bonds is 2. The number of carbonyl (C=O) groups is 1. The number of hydrogen-bond donors (Lipinski definition) is 2. The first-order valence-electron chi connectivity index (χ1n) is 6.20. The van der Waals surface area contributed by atoms with Gasteiger partial charge in [0, 0.05) is 18.3 Å². The van der Waals surface area contributed by atoms with E-state index in [-0.39, 0.29) is 18.3 Å². The van der Waals surface area contributed by atoms with Crippen LogP contribution in [-0.2, 0) is 0 Å². The standard InChI is InChI=1S/C13H21N3O.ClH/c1-8-4-9(2)15-12(8)13(17)16-7-11(6-14)5-10(16)3;/h4,10-11,15H,5-7,14H2,1-3H3;1H. The number of likely N-dealkylation sites (tertiary alicyclic amines) is 1. The highest BCUT2D eigenvalue weighted by atomic mass is 35.5. The summed E-state index contributed by atoms with van der Waals surface area (Å²) < 4.78 is 0. The van der Waals surface area contributed by atoms with Crippen molar-refractivity contribution in [2.24, 2.45) is 11.7 Å². The summed E-state index contributed by atoms with van der Waals surface area (Å²) in [5, 5.41) is 0. The van der Waals surface area contributed by atoms with E-state index in [1.165, 1.54) is 0 Å². The summed E-state index contributed by atoms with van der Waals surface area (Å²) in [6.45, 7) is 7.49. The highest BCUT2D eigenvalue weighted by Crippen LogP contribution is 2.24. The number of carbonyl (C=O) groups excluding carboxylic acids is 1. The third kappa shape index (κ3) is 2.70. The molecule has 1 aliphatic heterocycles. The van der Waals surface area contributed by atoms with Crippen LogP contribution < -0.4 is 5.73 Å². The van der Waals surface area contributed by atoms with Crippen LogP contribution in [0.2, 0.25) is 0 Å². The van der Waals surface area contributed by atoms with E-state index in [1.54, 1.807) is 0 Å². The van der Waals surface area contributed by atoms with Crippen LogP contribution in [0.15, 0.2) is 6.07 Å². The molecule has 2 atom stereocenters. The Hall–Kier alpha value is -1.00. The Labute approximate surface area is 114 Å². The third-order valence-corrected chi connectivity index (χ3v) is 3.62. The van der Waals surface area contributed by atoms with E-state index in [4.69, 9.17) is 5.73 Å². The lowest BCUT2D eigenvalue weighted by atomic mass is 10.1. The Bertz CT molecular complexity index is 430. The van der Waals surface area contributed by atoms with Crippen LogP contribution in [0, 0.1) is 19.8 Å². The summed E-state index contributed by atoms with van der Waals surface area (Å²) in [6.07, 6.45) is 1.01. The second kappa shape index (κ2) is 5.76. The molecular formula is C13H22ClN3O. The first-order chi connectivity index (χ1) is 8.02. The van der Waals surface area contributed by atoms with Gasteiger partial charge in [-0.25, -0.2) is 0 Å². The number of aryl methyl sites for hydroxylation is 2. The molecule has 1 aliphatic rings. The molecule has 5 heteroatoms. The maximum Gasteiger partial charge on any atom is 0.270 e. The van der Waals surface area contributed by atoms with Gasteiger partial charge in [0.1, 0.15) is 5.69 Å². The molecule has 1 fully saturated rings. The number of amides is 1. The zero-order valence-corrected chi connectivity index (χ0v) is 12.0. The fourth-order valence-corrected chi connectivity index (χ4v) is 2.69. The van der Waals surface area contributed by atoms with Gasteiger partial charge in [0.15, 0.2) is 0 Å². The first-order valence-corrected chi connectivity index (χ1v) is 6.20. The average molecular weight is 272 g/mol. The van der Waals surface area contributed by atoms with Gasteiger partial charge < -0.3 is 15.6 Å². The Morgan fingerprint density at radius 2 is 2.22 bits per heavy atom. The SMILES string of the molecule is Cc1cc(C)c(C(=O)N2CC(CN)CC2C)[nH]1.Cl. The lowest BCUT2D eigenvalue weighted by Crippen LogP contribution is -2.35. The first kappa shape index (κ1) is 15.1. The van der Waals surface area contributed by atoms with Crippen LogP contribution in [0.3, 0.4) is 0 Å². The molecule has 0 bridgehead atoms. The molecule has 18 heavy (non-hydrogen) atoms. The fourth-order valence-electron chi connectivity index (χ4n) is 2.69. The van der Waals surface area contributed by atoms with Gasteiger partial charge in [-0.2, -0.15) is 0 Å². The zero-order valence-electron chi connectivity index (χ0n) is 11.2. The van der Waals surface area contributed by atoms with E-state index >= 15 is 0 Å². The van der Waals surface area contributed by atoms with Crippen molar-refractivity contribution in [3.05, 3.63) is 23.0 Å². The molecule has 0 aromatic carbocycles. The minimum atomic E-state index is 0. The summed E-state index contributed by atoms with van der Waals surface area (Å²) in [6, 6.07) is 2.30. The average Bonchev–Trinajstić information content (AvgIpc) is 2.81. The van der Waals surface area contributed by atoms with Gasteiger partial charge in [0.05, 0.1) is 0 Å². The molecule has 2 unspecified atom stereocenters. The van der Waals surface area contributed by atoms with Crippen molar-refractivity contribution in [2.75, 3.05) is 13.1 Å². The van der Waals surface area contributed by atoms with E-state index in [1.807, 2.05) is 24.8 Å². The molecular weight excluding hydrogens is 250 g/mol. The normalized spacial score (nSPS) is 23.0. The third-order valence-electron chi connectivity index (χ3n) is 3.62. The molecule has 1 amide bonds. The van der Waals surface area contributed by atoms with Crippen molar-refractivity contribution >= 4 is 18.3 Å². The number of halogens is 1. The Morgan fingerprint density at radius 3 is 2.67 bits per heavy atom. The number of H-pyrrole nitrogens is 1. The largest absolute Gasteiger partial charge is 0.354 e. The van der Waals surface area contributed by atoms with Gasteiger partial charge in [-0.3, -0.25) is 4.79 Å². The molecule has 0 spiro atoms. The van der Waals surface area contributed by atoms with E-state index in [0.717, 1.165) is 29.9 Å². The topological polar surface area (TPSA) is 62.1 Å². The van der Waals surface area contributed by atoms with Crippen molar-refractivity contribution < 1.29 is 4.79 Å². The van der Waals surface area contributed by atoms with Gasteiger partial charge in [-0.05, 0) is 51.3 Å². The van der Waals surface area contributed by atoms with E-state index in [0.29, 0.717) is 18.5 Å². The van der Waals surface area contributed by atoms with Crippen molar-refractivity contribution in [1.29, 1.82) is 0 Å². The second-order valence-corrected chi connectivity index (χ2v) is 5.15. The summed E-state index contributed by atoms with van der Waals surface area (Å²) in [4.78, 5) is 17.5. The molecule has 1 saturated heterocycles. The smallest absolute Gasteiger partial charge is 0.270 e.